The van der Waals surface area contributed by atoms with Gasteiger partial charge in [0.2, 0.25) is 17.8 Å². The van der Waals surface area contributed by atoms with Crippen LogP contribution >= 0.6 is 0 Å². The molecule has 2 atom stereocenters. The van der Waals surface area contributed by atoms with E-state index in [1.54, 1.807) is 30.1 Å². The first-order valence-corrected chi connectivity index (χ1v) is 20.5. The van der Waals surface area contributed by atoms with Crippen molar-refractivity contribution in [1.29, 1.82) is 0 Å². The number of rotatable bonds is 11. The Bertz CT molecular complexity index is 2080. The maximum absolute atomic E-state index is 15.7. The summed E-state index contributed by atoms with van der Waals surface area (Å²) < 4.78 is 30.8. The Morgan fingerprint density at radius 2 is 1.66 bits per heavy atom. The number of imide groups is 1. The first kappa shape index (κ1) is 40.0. The molecule has 0 radical (unpaired) electrons. The van der Waals surface area contributed by atoms with Gasteiger partial charge < -0.3 is 40.9 Å². The van der Waals surface area contributed by atoms with Gasteiger partial charge in [0.1, 0.15) is 17.7 Å². The summed E-state index contributed by atoms with van der Waals surface area (Å²) in [6.07, 6.45) is 4.19. The summed E-state index contributed by atoms with van der Waals surface area (Å²) >= 11 is 0. The van der Waals surface area contributed by atoms with Crippen LogP contribution in [0.3, 0.4) is 0 Å². The molecule has 5 aliphatic heterocycles. The van der Waals surface area contributed by atoms with Crippen LogP contribution in [0.25, 0.3) is 0 Å². The minimum atomic E-state index is -0.815. The highest BCUT2D eigenvalue weighted by Crippen LogP contribution is 2.31. The van der Waals surface area contributed by atoms with Gasteiger partial charge in [-0.05, 0) is 74.4 Å². The number of nitrogens with zero attached hydrogens (tertiary/aromatic N) is 9. The van der Waals surface area contributed by atoms with Gasteiger partial charge in [0.15, 0.2) is 11.5 Å². The zero-order valence-corrected chi connectivity index (χ0v) is 33.2. The van der Waals surface area contributed by atoms with Crippen LogP contribution in [0.4, 0.5) is 48.1 Å². The van der Waals surface area contributed by atoms with Crippen molar-refractivity contribution in [2.24, 2.45) is 11.7 Å². The number of piperazine rings is 1. The van der Waals surface area contributed by atoms with Crippen molar-refractivity contribution in [3.8, 4) is 0 Å². The van der Waals surface area contributed by atoms with Crippen LogP contribution in [0.15, 0.2) is 36.4 Å². The van der Waals surface area contributed by atoms with Crippen LogP contribution < -0.4 is 36.4 Å². The van der Waals surface area contributed by atoms with Gasteiger partial charge in [-0.2, -0.15) is 4.98 Å². The Hall–Kier alpha value is -5.85. The average Bonchev–Trinajstić information content (AvgIpc) is 3.57. The predicted octanol–water partition coefficient (Wildman–Crippen LogP) is 2.58. The summed E-state index contributed by atoms with van der Waals surface area (Å²) in [7, 11) is 1.80. The third-order valence-corrected chi connectivity index (χ3v) is 12.2. The van der Waals surface area contributed by atoms with Gasteiger partial charge in [-0.15, -0.1) is 10.2 Å². The van der Waals surface area contributed by atoms with Crippen molar-refractivity contribution in [1.82, 2.24) is 35.2 Å². The van der Waals surface area contributed by atoms with Crippen LogP contribution in [0.1, 0.15) is 49.0 Å². The molecule has 2 aromatic carbocycles. The number of piperidine rings is 3. The fraction of sp³-hybridized carbons (Fsp3) is 0.525. The van der Waals surface area contributed by atoms with E-state index in [0.717, 1.165) is 64.1 Å². The molecule has 5 N–H and O–H groups in total. The van der Waals surface area contributed by atoms with E-state index in [-0.39, 0.29) is 41.6 Å². The molecule has 0 bridgehead atoms. The van der Waals surface area contributed by atoms with Gasteiger partial charge in [-0.25, -0.2) is 13.6 Å². The number of benzene rings is 2. The second-order valence-electron chi connectivity index (χ2n) is 16.1. The molecule has 5 amide bonds. The van der Waals surface area contributed by atoms with E-state index >= 15 is 8.78 Å². The van der Waals surface area contributed by atoms with E-state index in [1.165, 1.54) is 12.1 Å². The smallest absolute Gasteiger partial charge is 0.320 e. The number of carbonyl (C=O) groups is 4. The molecule has 3 aromatic rings. The predicted molar refractivity (Wildman–Crippen MR) is 218 cm³/mol. The number of nitrogens with one attached hydrogen (secondary N) is 3. The third kappa shape index (κ3) is 8.94. The number of amides is 5. The summed E-state index contributed by atoms with van der Waals surface area (Å²) in [5, 5.41) is 16.5. The summed E-state index contributed by atoms with van der Waals surface area (Å²) in [5.74, 6) is -1.53. The number of halogens is 2. The normalized spacial score (nSPS) is 22.2. The minimum absolute atomic E-state index is 0.00264. The second-order valence-corrected chi connectivity index (χ2v) is 16.1. The molecule has 6 heterocycles. The number of hydrogen-bond donors (Lipinski definition) is 4. The van der Waals surface area contributed by atoms with Gasteiger partial charge in [-0.3, -0.25) is 24.6 Å². The first-order chi connectivity index (χ1) is 28.5. The fourth-order valence-electron chi connectivity index (χ4n) is 8.83. The van der Waals surface area contributed by atoms with E-state index in [9.17, 15) is 19.2 Å². The van der Waals surface area contributed by atoms with Gasteiger partial charge in [0.05, 0.1) is 17.4 Å². The summed E-state index contributed by atoms with van der Waals surface area (Å²) in [6, 6.07) is 9.23. The molecule has 59 heavy (non-hydrogen) atoms. The molecule has 0 aliphatic carbocycles. The van der Waals surface area contributed by atoms with Crippen LogP contribution in [0.5, 0.6) is 0 Å². The lowest BCUT2D eigenvalue weighted by atomic mass is 9.95. The molecule has 19 heteroatoms. The molecular formula is C40H51F2N13O4. The van der Waals surface area contributed by atoms with Crippen molar-refractivity contribution < 1.29 is 28.0 Å². The lowest BCUT2D eigenvalue weighted by molar-refractivity contribution is -0.133. The van der Waals surface area contributed by atoms with E-state index < -0.39 is 29.5 Å². The molecule has 0 saturated carbocycles. The van der Waals surface area contributed by atoms with E-state index in [2.05, 4.69) is 40.9 Å². The minimum Gasteiger partial charge on any atom is -0.371 e. The lowest BCUT2D eigenvalue weighted by Crippen LogP contribution is -2.49. The number of urea groups is 1. The van der Waals surface area contributed by atoms with Gasteiger partial charge in [0, 0.05) is 96.8 Å². The van der Waals surface area contributed by atoms with Crippen molar-refractivity contribution in [3.05, 3.63) is 53.7 Å². The van der Waals surface area contributed by atoms with Crippen LogP contribution in [-0.2, 0) is 9.59 Å². The van der Waals surface area contributed by atoms with Crippen molar-refractivity contribution in [2.45, 2.75) is 50.6 Å². The van der Waals surface area contributed by atoms with Gasteiger partial charge in [-0.1, -0.05) is 0 Å². The number of carbonyl (C=O) groups excluding carboxylic acids is 4. The summed E-state index contributed by atoms with van der Waals surface area (Å²) in [5.41, 5.74) is 7.38. The van der Waals surface area contributed by atoms with Crippen LogP contribution in [-0.4, -0.2) is 145 Å². The average molecular weight is 816 g/mol. The fourth-order valence-corrected chi connectivity index (χ4v) is 8.83. The summed E-state index contributed by atoms with van der Waals surface area (Å²) in [4.78, 5) is 65.3. The number of primary amides is 1. The van der Waals surface area contributed by atoms with Crippen molar-refractivity contribution in [3.63, 3.8) is 0 Å². The maximum atomic E-state index is 15.7. The Labute approximate surface area is 341 Å². The summed E-state index contributed by atoms with van der Waals surface area (Å²) in [6.45, 7) is 8.02. The molecule has 314 valence electrons. The Morgan fingerprint density at radius 1 is 0.864 bits per heavy atom. The Kier molecular flexibility index (Phi) is 11.6. The number of likely N-dealkylation sites (N-methyl/N-ethyl adjacent to an activating group) is 1. The van der Waals surface area contributed by atoms with E-state index in [4.69, 9.17) is 5.73 Å². The molecule has 1 unspecified atom stereocenters. The Balaban J connectivity index is 0.818. The van der Waals surface area contributed by atoms with Crippen molar-refractivity contribution >= 4 is 58.3 Å². The molecule has 0 spiro atoms. The quantitative estimate of drug-likeness (QED) is 0.207. The zero-order chi connectivity index (χ0) is 41.2. The van der Waals surface area contributed by atoms with Gasteiger partial charge >= 0.3 is 6.03 Å². The van der Waals surface area contributed by atoms with E-state index in [0.29, 0.717) is 68.9 Å². The topological polar surface area (TPSA) is 188 Å². The largest absolute Gasteiger partial charge is 0.371 e. The molecule has 5 fully saturated rings. The molecule has 1 aromatic heterocycles. The highest BCUT2D eigenvalue weighted by atomic mass is 19.1. The van der Waals surface area contributed by atoms with Crippen LogP contribution in [0, 0.1) is 17.6 Å². The maximum Gasteiger partial charge on any atom is 0.320 e. The number of nitrogens with two attached hydrogens (primary N) is 1. The van der Waals surface area contributed by atoms with Gasteiger partial charge in [0.25, 0.3) is 5.91 Å². The highest BCUT2D eigenvalue weighted by Gasteiger charge is 2.35. The van der Waals surface area contributed by atoms with E-state index in [1.807, 2.05) is 20.8 Å². The SMILES string of the molecule is CN1CCN([C@@H]2CCCN(c3nnc(C(N)=O)c(Nc4ccc(N5CCN(CC6CCN(c7ccc(NC8CCC(=O)NC8=O)c(F)c7)CC6)CC5)c(F)c4)n3)C2)C1=O. The van der Waals surface area contributed by atoms with Crippen LogP contribution in [0.2, 0.25) is 0 Å². The molecule has 17 nitrogen and oxygen atoms in total. The first-order valence-electron chi connectivity index (χ1n) is 20.5. The number of anilines is 6. The zero-order valence-electron chi connectivity index (χ0n) is 33.2. The number of hydrogen-bond acceptors (Lipinski definition) is 13. The third-order valence-electron chi connectivity index (χ3n) is 12.2. The van der Waals surface area contributed by atoms with Crippen molar-refractivity contribution in [2.75, 3.05) is 104 Å². The Morgan fingerprint density at radius 3 is 2.36 bits per heavy atom. The molecule has 5 saturated heterocycles. The molecule has 5 aliphatic rings. The molecular weight excluding hydrogens is 765 g/mol. The number of aromatic nitrogens is 3. The standard InChI is InChI=1S/C40H51F2N13O4/c1-50-15-20-55(40(50)59)28-3-2-12-54(24-28)39-47-37(35(36(43)57)48-49-39)44-26-4-8-33(30(42)21-26)53-18-16-51(17-19-53)23-25-10-13-52(14-11-25)27-5-6-31(29(41)22-27)45-32-7-9-34(56)46-38(32)58/h4-6,8,21-22,25,28,32,45H,2-3,7,9-20,23-24H2,1H3,(H2,43,57)(H,44,47,49)(H,46,56,58)/t28-,32?/m1/s1. The monoisotopic (exact) mass is 815 g/mol. The lowest BCUT2D eigenvalue weighted by Gasteiger charge is -2.40. The second kappa shape index (κ2) is 17.2. The highest BCUT2D eigenvalue weighted by molar-refractivity contribution is 6.01. The molecule has 8 rings (SSSR count).